The molecule has 0 saturated carbocycles. The molecule has 0 saturated heterocycles. The number of rotatable bonds is 5. The lowest BCUT2D eigenvalue weighted by molar-refractivity contribution is 0.0925. The molecule has 12 nitrogen and oxygen atoms in total. The Labute approximate surface area is 198 Å². The van der Waals surface area contributed by atoms with Crippen LogP contribution in [-0.4, -0.2) is 46.2 Å². The fourth-order valence-corrected chi connectivity index (χ4v) is 6.17. The van der Waals surface area contributed by atoms with Gasteiger partial charge in [0.25, 0.3) is 32.1 Å². The van der Waals surface area contributed by atoms with Crippen molar-refractivity contribution in [3.05, 3.63) is 65.6 Å². The van der Waals surface area contributed by atoms with Gasteiger partial charge in [0.05, 0.1) is 27.4 Å². The predicted molar refractivity (Wildman–Crippen MR) is 123 cm³/mol. The lowest BCUT2D eigenvalue weighted by Crippen LogP contribution is -2.29. The molecular weight excluding hydrogens is 524 g/mol. The normalized spacial score (nSPS) is 14.4. The molecule has 4 rings (SSSR count). The molecule has 0 spiro atoms. The van der Waals surface area contributed by atoms with Crippen molar-refractivity contribution in [2.45, 2.75) is 14.7 Å². The number of amides is 2. The SMILES string of the molecule is C=CS(=O)(=O)c1cccc(N2C(=O)c3c(S(=O)(=O)O)c(N)c4c(S(=O)(=O)O)cccc4c3C2=O)c1. The van der Waals surface area contributed by atoms with E-state index in [2.05, 4.69) is 6.58 Å². The van der Waals surface area contributed by atoms with Crippen molar-refractivity contribution in [3.8, 4) is 0 Å². The highest BCUT2D eigenvalue weighted by molar-refractivity contribution is 7.94. The molecule has 0 atom stereocenters. The van der Waals surface area contributed by atoms with Crippen molar-refractivity contribution in [1.82, 2.24) is 0 Å². The number of nitrogen functional groups attached to an aromatic ring is 1. The summed E-state index contributed by atoms with van der Waals surface area (Å²) in [5.74, 6) is -2.42. The van der Waals surface area contributed by atoms with Crippen molar-refractivity contribution in [3.63, 3.8) is 0 Å². The summed E-state index contributed by atoms with van der Waals surface area (Å²) in [5.41, 5.74) is 3.27. The molecule has 15 heteroatoms. The minimum absolute atomic E-state index is 0.266. The standard InChI is InChI=1S/C20H14N2O10S3/c1-2-33(25,26)11-6-3-5-10(9-11)22-19(23)15-12-7-4-8-13(34(27,28)29)14(12)17(21)18(35(30,31)32)16(15)20(22)24/h2-9H,1,21H2,(H,27,28,29)(H,30,31,32). The quantitative estimate of drug-likeness (QED) is 0.242. The van der Waals surface area contributed by atoms with Gasteiger partial charge < -0.3 is 5.73 Å². The first-order valence-corrected chi connectivity index (χ1v) is 13.7. The number of sulfone groups is 1. The van der Waals surface area contributed by atoms with Gasteiger partial charge in [0.1, 0.15) is 9.79 Å². The van der Waals surface area contributed by atoms with Gasteiger partial charge in [-0.05, 0) is 29.7 Å². The van der Waals surface area contributed by atoms with Gasteiger partial charge in [0.15, 0.2) is 9.84 Å². The third kappa shape index (κ3) is 3.69. The molecule has 2 amide bonds. The Morgan fingerprint density at radius 2 is 1.46 bits per heavy atom. The van der Waals surface area contributed by atoms with Crippen LogP contribution < -0.4 is 10.6 Å². The van der Waals surface area contributed by atoms with Crippen molar-refractivity contribution < 1.29 is 43.9 Å². The summed E-state index contributed by atoms with van der Waals surface area (Å²) in [6.45, 7) is 3.20. The van der Waals surface area contributed by atoms with Crippen molar-refractivity contribution in [2.24, 2.45) is 0 Å². The molecule has 0 unspecified atom stereocenters. The van der Waals surface area contributed by atoms with E-state index in [9.17, 15) is 43.9 Å². The number of nitrogens with two attached hydrogens (primary N) is 1. The van der Waals surface area contributed by atoms with E-state index < -0.39 is 73.9 Å². The molecular formula is C20H14N2O10S3. The Hall–Kier alpha value is -3.63. The maximum Gasteiger partial charge on any atom is 0.297 e. The van der Waals surface area contributed by atoms with Gasteiger partial charge in [0, 0.05) is 10.8 Å². The highest BCUT2D eigenvalue weighted by atomic mass is 32.2. The first-order chi connectivity index (χ1) is 16.1. The van der Waals surface area contributed by atoms with E-state index in [-0.39, 0.29) is 16.0 Å². The fourth-order valence-electron chi connectivity index (χ4n) is 3.87. The lowest BCUT2D eigenvalue weighted by Gasteiger charge is -2.15. The smallest absolute Gasteiger partial charge is 0.297 e. The second kappa shape index (κ2) is 7.69. The van der Waals surface area contributed by atoms with Crippen LogP contribution in [0.15, 0.2) is 69.1 Å². The number of nitrogens with zero attached hydrogens (tertiary/aromatic N) is 1. The number of hydrogen-bond donors (Lipinski definition) is 3. The molecule has 0 aromatic heterocycles. The van der Waals surface area contributed by atoms with Crippen molar-refractivity contribution >= 4 is 64.0 Å². The number of carbonyl (C=O) groups excluding carboxylic acids is 2. The number of carbonyl (C=O) groups is 2. The predicted octanol–water partition coefficient (Wildman–Crippen LogP) is 1.63. The number of hydrogen-bond acceptors (Lipinski definition) is 9. The van der Waals surface area contributed by atoms with E-state index >= 15 is 0 Å². The van der Waals surface area contributed by atoms with E-state index in [0.717, 1.165) is 18.2 Å². The Bertz CT molecular complexity index is 1830. The molecule has 0 radical (unpaired) electrons. The Morgan fingerprint density at radius 1 is 0.857 bits per heavy atom. The summed E-state index contributed by atoms with van der Waals surface area (Å²) in [4.78, 5) is 24.8. The molecule has 1 heterocycles. The molecule has 3 aromatic carbocycles. The summed E-state index contributed by atoms with van der Waals surface area (Å²) in [7, 11) is -14.3. The molecule has 0 fully saturated rings. The van der Waals surface area contributed by atoms with Crippen molar-refractivity contribution in [2.75, 3.05) is 10.6 Å². The summed E-state index contributed by atoms with van der Waals surface area (Å²) in [6, 6.07) is 7.75. The van der Waals surface area contributed by atoms with Gasteiger partial charge >= 0.3 is 0 Å². The van der Waals surface area contributed by atoms with E-state index in [1.54, 1.807) is 0 Å². The third-order valence-corrected chi connectivity index (χ3v) is 8.47. The van der Waals surface area contributed by atoms with Gasteiger partial charge in [-0.3, -0.25) is 18.7 Å². The maximum absolute atomic E-state index is 13.4. The molecule has 182 valence electrons. The number of benzene rings is 3. The van der Waals surface area contributed by atoms with Crippen LogP contribution in [0.1, 0.15) is 20.7 Å². The van der Waals surface area contributed by atoms with Crippen LogP contribution in [0.4, 0.5) is 11.4 Å². The zero-order chi connectivity index (χ0) is 26.1. The summed E-state index contributed by atoms with van der Waals surface area (Å²) < 4.78 is 92.1. The van der Waals surface area contributed by atoms with Crippen LogP contribution in [0.3, 0.4) is 0 Å². The van der Waals surface area contributed by atoms with Crippen LogP contribution in [0.2, 0.25) is 0 Å². The third-order valence-electron chi connectivity index (χ3n) is 5.28. The van der Waals surface area contributed by atoms with E-state index in [4.69, 9.17) is 5.73 Å². The van der Waals surface area contributed by atoms with Crippen molar-refractivity contribution in [1.29, 1.82) is 0 Å². The largest absolute Gasteiger partial charge is 0.397 e. The topological polar surface area (TPSA) is 206 Å². The first-order valence-electron chi connectivity index (χ1n) is 9.30. The van der Waals surface area contributed by atoms with Crippen LogP contribution in [0.5, 0.6) is 0 Å². The zero-order valence-electron chi connectivity index (χ0n) is 17.2. The second-order valence-corrected chi connectivity index (χ2v) is 11.9. The van der Waals surface area contributed by atoms with Gasteiger partial charge in [-0.1, -0.05) is 24.8 Å². The highest BCUT2D eigenvalue weighted by Crippen LogP contribution is 2.43. The Morgan fingerprint density at radius 3 is 2.03 bits per heavy atom. The second-order valence-electron chi connectivity index (χ2n) is 7.28. The minimum Gasteiger partial charge on any atom is -0.397 e. The number of anilines is 2. The molecule has 0 bridgehead atoms. The van der Waals surface area contributed by atoms with Crippen LogP contribution in [0, 0.1) is 0 Å². The average molecular weight is 539 g/mol. The molecule has 1 aliphatic rings. The average Bonchev–Trinajstić information content (AvgIpc) is 3.02. The molecule has 3 aromatic rings. The maximum atomic E-state index is 13.4. The Balaban J connectivity index is 2.14. The summed E-state index contributed by atoms with van der Waals surface area (Å²) >= 11 is 0. The minimum atomic E-state index is -5.32. The molecule has 0 aliphatic carbocycles. The molecule has 35 heavy (non-hydrogen) atoms. The highest BCUT2D eigenvalue weighted by Gasteiger charge is 2.44. The lowest BCUT2D eigenvalue weighted by atomic mass is 9.98. The molecule has 1 aliphatic heterocycles. The van der Waals surface area contributed by atoms with Gasteiger partial charge in [-0.15, -0.1) is 0 Å². The van der Waals surface area contributed by atoms with E-state index in [1.807, 2.05) is 0 Å². The zero-order valence-corrected chi connectivity index (χ0v) is 19.7. The number of imide groups is 1. The fraction of sp³-hybridized carbons (Fsp3) is 0. The summed E-state index contributed by atoms with van der Waals surface area (Å²) in [6.07, 6.45) is 0. The van der Waals surface area contributed by atoms with Crippen LogP contribution in [0.25, 0.3) is 10.8 Å². The van der Waals surface area contributed by atoms with Crippen LogP contribution in [-0.2, 0) is 30.1 Å². The first kappa shape index (κ1) is 24.5. The summed E-state index contributed by atoms with van der Waals surface area (Å²) in [5, 5.41) is -0.251. The number of fused-ring (bicyclic) bond motifs is 3. The van der Waals surface area contributed by atoms with Gasteiger partial charge in [-0.25, -0.2) is 13.3 Å². The van der Waals surface area contributed by atoms with E-state index in [0.29, 0.717) is 10.3 Å². The molecule has 4 N–H and O–H groups in total. The Kier molecular flexibility index (Phi) is 5.38. The monoisotopic (exact) mass is 538 g/mol. The van der Waals surface area contributed by atoms with Crippen LogP contribution >= 0.6 is 0 Å². The van der Waals surface area contributed by atoms with Gasteiger partial charge in [0.2, 0.25) is 0 Å². The van der Waals surface area contributed by atoms with Gasteiger partial charge in [-0.2, -0.15) is 16.8 Å². The van der Waals surface area contributed by atoms with E-state index in [1.165, 1.54) is 24.3 Å².